The molecule has 4 aliphatic rings. The van der Waals surface area contributed by atoms with E-state index >= 15 is 0 Å². The number of hydrazine groups is 1. The molecule has 40 heavy (non-hydrogen) atoms. The molecular formula is C28H34F2N6O3S. The fourth-order valence-electron chi connectivity index (χ4n) is 5.96. The first-order valence-corrected chi connectivity index (χ1v) is 14.3. The van der Waals surface area contributed by atoms with Crippen LogP contribution in [0.1, 0.15) is 57.4 Å². The summed E-state index contributed by atoms with van der Waals surface area (Å²) in [7, 11) is 3.53. The van der Waals surface area contributed by atoms with Crippen LogP contribution in [0.15, 0.2) is 30.0 Å². The summed E-state index contributed by atoms with van der Waals surface area (Å²) in [5.74, 6) is -2.20. The molecule has 9 nitrogen and oxygen atoms in total. The molecule has 2 amide bonds. The van der Waals surface area contributed by atoms with Gasteiger partial charge < -0.3 is 10.2 Å². The quantitative estimate of drug-likeness (QED) is 0.282. The number of amides is 2. The Morgan fingerprint density at radius 3 is 2.42 bits per heavy atom. The normalized spacial score (nSPS) is 27.8. The van der Waals surface area contributed by atoms with Crippen molar-refractivity contribution >= 4 is 39.4 Å². The summed E-state index contributed by atoms with van der Waals surface area (Å²) in [5, 5.41) is 23.4. The standard InChI is InChI=1S/C28H34F2N6O3S/c1-27(10-11-27)33-25(38)16-6-8-28(9-7-16)34(2)26(39)23-21(37)12-18(15-36(23)35(28)3)24(32)40-22(31)13-17-4-5-19(29)14-20(17)30/h4-5,14-16,23,31-32H,6-13H2,1-3H3,(H,33,38). The van der Waals surface area contributed by atoms with E-state index in [1.807, 2.05) is 19.0 Å². The van der Waals surface area contributed by atoms with Gasteiger partial charge >= 0.3 is 0 Å². The topological polar surface area (TPSA) is 121 Å². The molecule has 1 spiro atoms. The molecule has 12 heteroatoms. The van der Waals surface area contributed by atoms with Crippen LogP contribution in [0.4, 0.5) is 8.78 Å². The van der Waals surface area contributed by atoms with Gasteiger partial charge in [-0.25, -0.2) is 8.78 Å². The van der Waals surface area contributed by atoms with E-state index in [-0.39, 0.29) is 57.5 Å². The van der Waals surface area contributed by atoms with Crippen molar-refractivity contribution in [1.82, 2.24) is 20.2 Å². The number of rotatable bonds is 5. The van der Waals surface area contributed by atoms with Crippen LogP contribution in [-0.2, 0) is 20.8 Å². The number of thioether (sulfide) groups is 1. The van der Waals surface area contributed by atoms with Crippen LogP contribution >= 0.6 is 11.8 Å². The lowest BCUT2D eigenvalue weighted by Gasteiger charge is -2.60. The van der Waals surface area contributed by atoms with Crippen molar-refractivity contribution in [1.29, 1.82) is 10.8 Å². The number of nitrogens with one attached hydrogen (secondary N) is 3. The summed E-state index contributed by atoms with van der Waals surface area (Å²) in [6, 6.07) is 2.11. The molecule has 2 heterocycles. The largest absolute Gasteiger partial charge is 0.351 e. The Balaban J connectivity index is 1.30. The lowest BCUT2D eigenvalue weighted by molar-refractivity contribution is -0.215. The number of likely N-dealkylation sites (N-methyl/N-ethyl adjacent to an activating group) is 1. The Bertz CT molecular complexity index is 1320. The number of fused-ring (bicyclic) bond motifs is 1. The molecule has 5 rings (SSSR count). The Hall–Kier alpha value is -3.12. The molecule has 1 aromatic carbocycles. The summed E-state index contributed by atoms with van der Waals surface area (Å²) < 4.78 is 27.3. The third-order valence-electron chi connectivity index (χ3n) is 8.83. The van der Waals surface area contributed by atoms with Gasteiger partial charge in [-0.1, -0.05) is 17.8 Å². The van der Waals surface area contributed by atoms with Gasteiger partial charge in [0.2, 0.25) is 5.91 Å². The van der Waals surface area contributed by atoms with Crippen molar-refractivity contribution in [2.75, 3.05) is 14.1 Å². The van der Waals surface area contributed by atoms with Gasteiger partial charge in [0.1, 0.15) is 17.3 Å². The van der Waals surface area contributed by atoms with Crippen LogP contribution < -0.4 is 5.32 Å². The summed E-state index contributed by atoms with van der Waals surface area (Å²) in [6.45, 7) is 2.05. The number of hydrogen-bond donors (Lipinski definition) is 3. The van der Waals surface area contributed by atoms with Crippen LogP contribution in [0.5, 0.6) is 0 Å². The zero-order valence-corrected chi connectivity index (χ0v) is 23.7. The molecule has 0 radical (unpaired) electrons. The van der Waals surface area contributed by atoms with Crippen molar-refractivity contribution in [3.63, 3.8) is 0 Å². The number of carbonyl (C=O) groups excluding carboxylic acids is 3. The van der Waals surface area contributed by atoms with E-state index in [1.54, 1.807) is 23.2 Å². The SMILES string of the molecule is CN1C(=O)C2C(=O)CC(C(=N)SC(=N)Cc3ccc(F)cc3F)=CN2N(C)C12CCC(C(=O)NC1(C)CC1)CC2. The van der Waals surface area contributed by atoms with Gasteiger partial charge in [0.25, 0.3) is 5.91 Å². The Kier molecular flexibility index (Phi) is 7.37. The maximum Gasteiger partial charge on any atom is 0.255 e. The van der Waals surface area contributed by atoms with Gasteiger partial charge in [0, 0.05) is 56.2 Å². The van der Waals surface area contributed by atoms with E-state index in [1.165, 1.54) is 6.07 Å². The predicted molar refractivity (Wildman–Crippen MR) is 147 cm³/mol. The minimum atomic E-state index is -1.04. The maximum atomic E-state index is 14.0. The second-order valence-corrected chi connectivity index (χ2v) is 12.7. The zero-order valence-electron chi connectivity index (χ0n) is 22.9. The highest BCUT2D eigenvalue weighted by molar-refractivity contribution is 8.26. The second-order valence-electron chi connectivity index (χ2n) is 11.6. The highest BCUT2D eigenvalue weighted by Crippen LogP contribution is 2.44. The molecule has 2 aliphatic carbocycles. The zero-order chi connectivity index (χ0) is 29.0. The second kappa shape index (κ2) is 10.4. The van der Waals surface area contributed by atoms with Crippen molar-refractivity contribution < 1.29 is 23.2 Å². The molecular weight excluding hydrogens is 538 g/mol. The summed E-state index contributed by atoms with van der Waals surface area (Å²) >= 11 is 0.799. The fraction of sp³-hybridized carbons (Fsp3) is 0.536. The smallest absolute Gasteiger partial charge is 0.255 e. The summed E-state index contributed by atoms with van der Waals surface area (Å²) in [5.41, 5.74) is -0.298. The van der Waals surface area contributed by atoms with Crippen molar-refractivity contribution in [2.45, 2.75) is 75.5 Å². The average Bonchev–Trinajstić information content (AvgIpc) is 3.63. The van der Waals surface area contributed by atoms with Gasteiger partial charge in [-0.3, -0.25) is 30.2 Å². The van der Waals surface area contributed by atoms with Gasteiger partial charge in [0.15, 0.2) is 11.8 Å². The number of halogens is 2. The monoisotopic (exact) mass is 572 g/mol. The number of nitrogens with zero attached hydrogens (tertiary/aromatic N) is 3. The first-order valence-electron chi connectivity index (χ1n) is 13.5. The Morgan fingerprint density at radius 1 is 1.12 bits per heavy atom. The molecule has 1 atom stereocenters. The van der Waals surface area contributed by atoms with Gasteiger partial charge in [-0.2, -0.15) is 5.01 Å². The van der Waals surface area contributed by atoms with Crippen LogP contribution in [0.2, 0.25) is 0 Å². The predicted octanol–water partition coefficient (Wildman–Crippen LogP) is 3.60. The highest BCUT2D eigenvalue weighted by Gasteiger charge is 2.56. The molecule has 1 unspecified atom stereocenters. The first-order chi connectivity index (χ1) is 18.8. The first kappa shape index (κ1) is 28.4. The van der Waals surface area contributed by atoms with E-state index in [4.69, 9.17) is 10.8 Å². The highest BCUT2D eigenvalue weighted by atomic mass is 32.2. The third kappa shape index (κ3) is 5.18. The third-order valence-corrected chi connectivity index (χ3v) is 9.68. The van der Waals surface area contributed by atoms with E-state index in [9.17, 15) is 23.2 Å². The number of Topliss-reactive ketones (excluding diaryl/α,β-unsaturated/α-hetero) is 1. The van der Waals surface area contributed by atoms with E-state index < -0.39 is 23.3 Å². The maximum absolute atomic E-state index is 14.0. The van der Waals surface area contributed by atoms with Crippen LogP contribution in [0.25, 0.3) is 0 Å². The number of ketones is 1. The van der Waals surface area contributed by atoms with Crippen molar-refractivity contribution in [2.24, 2.45) is 5.92 Å². The average molecular weight is 573 g/mol. The molecule has 0 aromatic heterocycles. The molecule has 1 aromatic rings. The van der Waals surface area contributed by atoms with E-state index in [2.05, 4.69) is 5.32 Å². The Morgan fingerprint density at radius 2 is 1.80 bits per heavy atom. The lowest BCUT2D eigenvalue weighted by atomic mass is 9.78. The number of benzene rings is 1. The fourth-order valence-corrected chi connectivity index (χ4v) is 6.69. The van der Waals surface area contributed by atoms with E-state index in [0.29, 0.717) is 31.3 Å². The molecule has 3 N–H and O–H groups in total. The minimum Gasteiger partial charge on any atom is -0.351 e. The van der Waals surface area contributed by atoms with Crippen LogP contribution in [-0.4, -0.2) is 73.9 Å². The molecule has 2 saturated carbocycles. The molecule has 214 valence electrons. The molecule has 2 aliphatic heterocycles. The van der Waals surface area contributed by atoms with Crippen LogP contribution in [0.3, 0.4) is 0 Å². The number of hydrogen-bond acceptors (Lipinski definition) is 8. The summed E-state index contributed by atoms with van der Waals surface area (Å²) in [4.78, 5) is 41.2. The van der Waals surface area contributed by atoms with Gasteiger partial charge in [-0.15, -0.1) is 0 Å². The van der Waals surface area contributed by atoms with Crippen LogP contribution in [0, 0.1) is 28.4 Å². The lowest BCUT2D eigenvalue weighted by Crippen LogP contribution is -2.75. The minimum absolute atomic E-state index is 0.0260. The molecule has 0 bridgehead atoms. The van der Waals surface area contributed by atoms with Crippen molar-refractivity contribution in [3.8, 4) is 0 Å². The van der Waals surface area contributed by atoms with Crippen molar-refractivity contribution in [3.05, 3.63) is 47.2 Å². The molecule has 3 fully saturated rings. The van der Waals surface area contributed by atoms with Gasteiger partial charge in [-0.05, 0) is 57.1 Å². The number of carbonyl (C=O) groups is 3. The van der Waals surface area contributed by atoms with E-state index in [0.717, 1.165) is 36.7 Å². The van der Waals surface area contributed by atoms with Gasteiger partial charge in [0.05, 0.1) is 10.1 Å². The summed E-state index contributed by atoms with van der Waals surface area (Å²) in [6.07, 6.45) is 5.69. The molecule has 1 saturated heterocycles. The Labute approximate surface area is 236 Å².